The van der Waals surface area contributed by atoms with Crippen LogP contribution in [0.25, 0.3) is 0 Å². The molecule has 1 heterocycles. The van der Waals surface area contributed by atoms with Crippen LogP contribution < -0.4 is 24.4 Å². The van der Waals surface area contributed by atoms with Gasteiger partial charge in [0.25, 0.3) is 5.95 Å². The number of methoxy groups -OCH3 is 4. The topological polar surface area (TPSA) is 145 Å². The molecule has 32 heavy (non-hydrogen) atoms. The highest BCUT2D eigenvalue weighted by Crippen LogP contribution is 2.37. The van der Waals surface area contributed by atoms with Gasteiger partial charge in [-0.1, -0.05) is 0 Å². The first kappa shape index (κ1) is 22.2. The molecule has 12 nitrogen and oxygen atoms in total. The number of hydrogen-bond donors (Lipinski definition) is 3. The van der Waals surface area contributed by atoms with Crippen LogP contribution >= 0.6 is 0 Å². The highest BCUT2D eigenvalue weighted by atomic mass is 16.5. The average molecular weight is 442 g/mol. The molecule has 1 aromatic heterocycles. The Morgan fingerprint density at radius 1 is 0.812 bits per heavy atom. The van der Waals surface area contributed by atoms with Gasteiger partial charge >= 0.3 is 0 Å². The van der Waals surface area contributed by atoms with E-state index in [0.29, 0.717) is 11.1 Å². The van der Waals surface area contributed by atoms with Crippen LogP contribution in [0.1, 0.15) is 11.1 Å². The zero-order chi connectivity index (χ0) is 23.1. The fourth-order valence-electron chi connectivity index (χ4n) is 2.66. The Morgan fingerprint density at radius 2 is 1.28 bits per heavy atom. The predicted octanol–water partition coefficient (Wildman–Crippen LogP) is 2.05. The maximum absolute atomic E-state index is 10.0. The number of nitrogens with one attached hydrogen (secondary N) is 1. The van der Waals surface area contributed by atoms with Gasteiger partial charge in [-0.15, -0.1) is 10.2 Å². The molecule has 0 radical (unpaired) electrons. The van der Waals surface area contributed by atoms with Gasteiger partial charge in [0.15, 0.2) is 23.0 Å². The second kappa shape index (κ2) is 10.0. The fraction of sp³-hybridized carbons (Fsp3) is 0.200. The van der Waals surface area contributed by atoms with Gasteiger partial charge in [-0.05, 0) is 24.3 Å². The largest absolute Gasteiger partial charge is 0.502 e. The minimum absolute atomic E-state index is 0.100. The summed E-state index contributed by atoms with van der Waals surface area (Å²) in [7, 11) is 5.75. The third kappa shape index (κ3) is 4.80. The average Bonchev–Trinajstić information content (AvgIpc) is 3.26. The monoisotopic (exact) mass is 442 g/mol. The number of aromatic hydroxyl groups is 2. The quantitative estimate of drug-likeness (QED) is 0.335. The number of anilines is 1. The lowest BCUT2D eigenvalue weighted by atomic mass is 10.2. The highest BCUT2D eigenvalue weighted by Gasteiger charge is 2.11. The first-order valence-corrected chi connectivity index (χ1v) is 9.14. The number of ether oxygens (including phenoxy) is 4. The van der Waals surface area contributed by atoms with Crippen molar-refractivity contribution in [1.82, 2.24) is 14.9 Å². The molecule has 0 amide bonds. The molecule has 0 atom stereocenters. The number of nitrogens with zero attached hydrogens (tertiary/aromatic N) is 5. The summed E-state index contributed by atoms with van der Waals surface area (Å²) in [4.78, 5) is 0. The van der Waals surface area contributed by atoms with Crippen molar-refractivity contribution in [2.45, 2.75) is 0 Å². The van der Waals surface area contributed by atoms with Gasteiger partial charge in [0.05, 0.1) is 40.9 Å². The Kier molecular flexibility index (Phi) is 6.95. The van der Waals surface area contributed by atoms with E-state index in [1.54, 1.807) is 24.3 Å². The van der Waals surface area contributed by atoms with Gasteiger partial charge in [0, 0.05) is 11.1 Å². The van der Waals surface area contributed by atoms with Crippen molar-refractivity contribution in [2.24, 2.45) is 10.2 Å². The van der Waals surface area contributed by atoms with Crippen molar-refractivity contribution in [3.05, 3.63) is 41.7 Å². The summed E-state index contributed by atoms with van der Waals surface area (Å²) in [5.74, 6) is 1.03. The third-order valence-electron chi connectivity index (χ3n) is 4.24. The van der Waals surface area contributed by atoms with E-state index in [9.17, 15) is 10.2 Å². The third-order valence-corrected chi connectivity index (χ3v) is 4.24. The van der Waals surface area contributed by atoms with Gasteiger partial charge in [0.2, 0.25) is 11.5 Å². The maximum atomic E-state index is 10.0. The first-order chi connectivity index (χ1) is 15.5. The minimum atomic E-state index is -0.101. The zero-order valence-electron chi connectivity index (χ0n) is 17.8. The van der Waals surface area contributed by atoms with Crippen molar-refractivity contribution < 1.29 is 29.2 Å². The number of hydrazone groups is 1. The first-order valence-electron chi connectivity index (χ1n) is 9.14. The molecule has 3 aromatic rings. The van der Waals surface area contributed by atoms with Gasteiger partial charge in [0.1, 0.15) is 6.33 Å². The van der Waals surface area contributed by atoms with Gasteiger partial charge in [-0.3, -0.25) is 0 Å². The Morgan fingerprint density at radius 3 is 1.75 bits per heavy atom. The summed E-state index contributed by atoms with van der Waals surface area (Å²) in [5.41, 5.74) is 3.96. The van der Waals surface area contributed by atoms with Crippen molar-refractivity contribution in [3.8, 4) is 34.5 Å². The Bertz CT molecular complexity index is 1090. The lowest BCUT2D eigenvalue weighted by Crippen LogP contribution is -2.00. The van der Waals surface area contributed by atoms with Crippen LogP contribution in [0.5, 0.6) is 34.5 Å². The second-order valence-electron chi connectivity index (χ2n) is 6.16. The van der Waals surface area contributed by atoms with Crippen molar-refractivity contribution in [2.75, 3.05) is 33.9 Å². The number of rotatable bonds is 9. The lowest BCUT2D eigenvalue weighted by Gasteiger charge is -2.09. The molecular formula is C20H22N6O6. The van der Waals surface area contributed by atoms with Crippen LogP contribution in [0.2, 0.25) is 0 Å². The lowest BCUT2D eigenvalue weighted by molar-refractivity contribution is 0.340. The molecule has 2 aromatic carbocycles. The number of phenolic OH excluding ortho intramolecular Hbond substituents is 2. The smallest absolute Gasteiger partial charge is 0.265 e. The van der Waals surface area contributed by atoms with Gasteiger partial charge in [-0.2, -0.15) is 14.9 Å². The Hall–Kier alpha value is -4.48. The van der Waals surface area contributed by atoms with Crippen LogP contribution in [-0.4, -0.2) is 66.0 Å². The Labute approximate surface area is 183 Å². The summed E-state index contributed by atoms with van der Waals surface area (Å²) in [5, 5.41) is 36.1. The minimum Gasteiger partial charge on any atom is -0.502 e. The van der Waals surface area contributed by atoms with Crippen LogP contribution in [0.4, 0.5) is 5.95 Å². The molecular weight excluding hydrogens is 420 g/mol. The molecule has 3 rings (SSSR count). The number of aromatic nitrogens is 3. The van der Waals surface area contributed by atoms with E-state index in [1.165, 1.54) is 51.9 Å². The molecule has 0 aliphatic heterocycles. The molecule has 0 saturated carbocycles. The summed E-state index contributed by atoms with van der Waals surface area (Å²) in [6.07, 6.45) is 4.39. The van der Waals surface area contributed by atoms with Crippen LogP contribution in [-0.2, 0) is 0 Å². The summed E-state index contributed by atoms with van der Waals surface area (Å²) in [6, 6.07) is 6.39. The van der Waals surface area contributed by atoms with E-state index in [-0.39, 0.29) is 40.4 Å². The highest BCUT2D eigenvalue weighted by molar-refractivity contribution is 5.83. The van der Waals surface area contributed by atoms with Crippen LogP contribution in [0, 0.1) is 0 Å². The van der Waals surface area contributed by atoms with Crippen molar-refractivity contribution in [1.29, 1.82) is 0 Å². The summed E-state index contributed by atoms with van der Waals surface area (Å²) in [6.45, 7) is 0. The molecule has 3 N–H and O–H groups in total. The van der Waals surface area contributed by atoms with Crippen molar-refractivity contribution >= 4 is 18.4 Å². The fourth-order valence-corrected chi connectivity index (χ4v) is 2.66. The molecule has 0 bridgehead atoms. The summed E-state index contributed by atoms with van der Waals surface area (Å²) < 4.78 is 21.9. The number of benzene rings is 2. The molecule has 0 fully saturated rings. The van der Waals surface area contributed by atoms with Crippen LogP contribution in [0.3, 0.4) is 0 Å². The summed E-state index contributed by atoms with van der Waals surface area (Å²) >= 11 is 0. The molecule has 0 aliphatic carbocycles. The molecule has 0 spiro atoms. The molecule has 12 heteroatoms. The van der Waals surface area contributed by atoms with Crippen LogP contribution in [0.15, 0.2) is 40.8 Å². The number of phenols is 2. The predicted molar refractivity (Wildman–Crippen MR) is 117 cm³/mol. The maximum Gasteiger partial charge on any atom is 0.265 e. The van der Waals surface area contributed by atoms with Gasteiger partial charge < -0.3 is 29.2 Å². The standard InChI is InChI=1S/C20H22N6O6/c1-29-14-5-12(6-15(30-2)18(14)27)9-21-24-20-25-22-11-26(20)23-10-13-7-16(31-3)19(28)17(8-13)32-4/h5-11,27-28H,1-4H3,(H,24,25)/b21-9+,23-10+. The van der Waals surface area contributed by atoms with E-state index in [0.717, 1.165) is 0 Å². The zero-order valence-corrected chi connectivity index (χ0v) is 17.8. The van der Waals surface area contributed by atoms with E-state index < -0.39 is 0 Å². The van der Waals surface area contributed by atoms with Gasteiger partial charge in [-0.25, -0.2) is 5.43 Å². The van der Waals surface area contributed by atoms with Crippen molar-refractivity contribution in [3.63, 3.8) is 0 Å². The molecule has 0 unspecified atom stereocenters. The van der Waals surface area contributed by atoms with E-state index >= 15 is 0 Å². The van der Waals surface area contributed by atoms with E-state index in [2.05, 4.69) is 25.8 Å². The molecule has 0 saturated heterocycles. The van der Waals surface area contributed by atoms with E-state index in [1.807, 2.05) is 0 Å². The second-order valence-corrected chi connectivity index (χ2v) is 6.16. The molecule has 0 aliphatic rings. The Balaban J connectivity index is 1.77. The molecule has 168 valence electrons. The van der Waals surface area contributed by atoms with E-state index in [4.69, 9.17) is 18.9 Å². The number of hydrogen-bond acceptors (Lipinski definition) is 11. The normalized spacial score (nSPS) is 11.1. The SMILES string of the molecule is COc1cc(/C=N/Nc2nncn2/N=C/c2cc(OC)c(O)c(OC)c2)cc(OC)c1O.